The van der Waals surface area contributed by atoms with E-state index in [0.29, 0.717) is 22.7 Å². The summed E-state index contributed by atoms with van der Waals surface area (Å²) < 4.78 is 7.49. The molecule has 0 saturated heterocycles. The van der Waals surface area contributed by atoms with Crippen LogP contribution in [0, 0.1) is 0 Å². The summed E-state index contributed by atoms with van der Waals surface area (Å²) in [5.41, 5.74) is 3.46. The van der Waals surface area contributed by atoms with E-state index >= 15 is 0 Å². The molecule has 2 amide bonds. The number of benzene rings is 2. The van der Waals surface area contributed by atoms with Crippen LogP contribution in [0.25, 0.3) is 11.0 Å². The first-order valence-electron chi connectivity index (χ1n) is 8.25. The molecule has 0 fully saturated rings. The topological polar surface area (TPSA) is 76.5 Å². The summed E-state index contributed by atoms with van der Waals surface area (Å²) in [6, 6.07) is 10.6. The zero-order chi connectivity index (χ0) is 18.4. The van der Waals surface area contributed by atoms with E-state index in [1.54, 1.807) is 55.5 Å². The maximum absolute atomic E-state index is 12.6. The molecule has 132 valence electrons. The maximum Gasteiger partial charge on any atom is 0.267 e. The summed E-state index contributed by atoms with van der Waals surface area (Å²) >= 11 is 0. The largest absolute Gasteiger partial charge is 0.479 e. The first kappa shape index (κ1) is 16.1. The number of amides is 2. The van der Waals surface area contributed by atoms with Crippen LogP contribution in [0.2, 0.25) is 0 Å². The van der Waals surface area contributed by atoms with Crippen molar-refractivity contribution in [1.29, 1.82) is 0 Å². The lowest BCUT2D eigenvalue weighted by Gasteiger charge is -2.30. The molecule has 2 heterocycles. The number of imidazole rings is 1. The van der Waals surface area contributed by atoms with Gasteiger partial charge in [0.05, 0.1) is 23.0 Å². The van der Waals surface area contributed by atoms with Gasteiger partial charge in [-0.25, -0.2) is 4.98 Å². The van der Waals surface area contributed by atoms with E-state index in [9.17, 15) is 9.59 Å². The van der Waals surface area contributed by atoms with Gasteiger partial charge in [0.2, 0.25) is 0 Å². The van der Waals surface area contributed by atoms with Gasteiger partial charge in [0, 0.05) is 25.3 Å². The minimum Gasteiger partial charge on any atom is -0.479 e. The van der Waals surface area contributed by atoms with Crippen molar-refractivity contribution >= 4 is 34.2 Å². The smallest absolute Gasteiger partial charge is 0.267 e. The van der Waals surface area contributed by atoms with Crippen molar-refractivity contribution in [3.05, 3.63) is 48.3 Å². The average molecular weight is 350 g/mol. The molecule has 1 aromatic heterocycles. The summed E-state index contributed by atoms with van der Waals surface area (Å²) in [7, 11) is 3.60. The number of aromatic nitrogens is 2. The number of hydrogen-bond acceptors (Lipinski definition) is 4. The van der Waals surface area contributed by atoms with Crippen LogP contribution in [-0.4, -0.2) is 34.5 Å². The summed E-state index contributed by atoms with van der Waals surface area (Å²) in [5.74, 6) is 0.255. The van der Waals surface area contributed by atoms with Crippen LogP contribution in [0.5, 0.6) is 5.75 Å². The molecule has 2 aromatic carbocycles. The average Bonchev–Trinajstić information content (AvgIpc) is 3.01. The summed E-state index contributed by atoms with van der Waals surface area (Å²) in [5, 5.41) is 2.86. The van der Waals surface area contributed by atoms with Gasteiger partial charge in [0.25, 0.3) is 11.8 Å². The van der Waals surface area contributed by atoms with Gasteiger partial charge in [0.15, 0.2) is 6.10 Å². The zero-order valence-corrected chi connectivity index (χ0v) is 14.7. The molecule has 4 rings (SSSR count). The molecular weight excluding hydrogens is 332 g/mol. The molecule has 0 aliphatic carbocycles. The number of hydrogen-bond donors (Lipinski definition) is 1. The van der Waals surface area contributed by atoms with Crippen molar-refractivity contribution in [2.45, 2.75) is 13.0 Å². The molecular formula is C19H18N4O3. The third-order valence-corrected chi connectivity index (χ3v) is 4.55. The third kappa shape index (κ3) is 2.57. The second kappa shape index (κ2) is 5.87. The minimum atomic E-state index is -0.516. The van der Waals surface area contributed by atoms with Gasteiger partial charge in [-0.2, -0.15) is 0 Å². The predicted molar refractivity (Wildman–Crippen MR) is 98.6 cm³/mol. The van der Waals surface area contributed by atoms with Crippen LogP contribution in [0.15, 0.2) is 42.7 Å². The molecule has 7 nitrogen and oxygen atoms in total. The zero-order valence-electron chi connectivity index (χ0n) is 14.7. The van der Waals surface area contributed by atoms with Crippen molar-refractivity contribution in [1.82, 2.24) is 9.55 Å². The normalized spacial score (nSPS) is 16.3. The first-order valence-corrected chi connectivity index (χ1v) is 8.25. The number of carbonyl (C=O) groups excluding carboxylic acids is 2. The van der Waals surface area contributed by atoms with Crippen LogP contribution in [0.1, 0.15) is 17.3 Å². The number of fused-ring (bicyclic) bond motifs is 2. The van der Waals surface area contributed by atoms with Crippen molar-refractivity contribution in [3.8, 4) is 5.75 Å². The molecule has 3 aromatic rings. The standard InChI is InChI=1S/C19H18N4O3/c1-11-19(25)23(3)16-9-13(5-7-17(16)26-11)21-18(24)12-4-6-15-14(8-12)20-10-22(15)2/h4-11H,1-3H3,(H,21,24). The SMILES string of the molecule is CC1Oc2ccc(NC(=O)c3ccc4c(c3)ncn4C)cc2N(C)C1=O. The highest BCUT2D eigenvalue weighted by Gasteiger charge is 2.29. The number of carbonyl (C=O) groups is 2. The summed E-state index contributed by atoms with van der Waals surface area (Å²) in [4.78, 5) is 30.5. The van der Waals surface area contributed by atoms with E-state index in [1.807, 2.05) is 17.7 Å². The summed E-state index contributed by atoms with van der Waals surface area (Å²) in [6.45, 7) is 1.71. The fourth-order valence-corrected chi connectivity index (χ4v) is 3.07. The number of nitrogens with one attached hydrogen (secondary N) is 1. The van der Waals surface area contributed by atoms with E-state index in [-0.39, 0.29) is 11.8 Å². The molecule has 1 N–H and O–H groups in total. The Balaban J connectivity index is 1.60. The Morgan fingerprint density at radius 3 is 2.81 bits per heavy atom. The lowest BCUT2D eigenvalue weighted by Crippen LogP contribution is -2.41. The fraction of sp³-hybridized carbons (Fsp3) is 0.211. The van der Waals surface area contributed by atoms with Crippen molar-refractivity contribution in [2.75, 3.05) is 17.3 Å². The van der Waals surface area contributed by atoms with Crippen molar-refractivity contribution in [3.63, 3.8) is 0 Å². The Morgan fingerprint density at radius 2 is 2.00 bits per heavy atom. The third-order valence-electron chi connectivity index (χ3n) is 4.55. The number of aryl methyl sites for hydroxylation is 1. The molecule has 1 unspecified atom stereocenters. The van der Waals surface area contributed by atoms with Gasteiger partial charge in [-0.1, -0.05) is 0 Å². The van der Waals surface area contributed by atoms with Crippen LogP contribution in [0.3, 0.4) is 0 Å². The molecule has 0 spiro atoms. The van der Waals surface area contributed by atoms with Gasteiger partial charge in [-0.3, -0.25) is 9.59 Å². The lowest BCUT2D eigenvalue weighted by molar-refractivity contribution is -0.125. The first-order chi connectivity index (χ1) is 12.4. The van der Waals surface area contributed by atoms with E-state index < -0.39 is 6.10 Å². The molecule has 0 bridgehead atoms. The highest BCUT2D eigenvalue weighted by molar-refractivity contribution is 6.07. The second-order valence-corrected chi connectivity index (χ2v) is 6.35. The van der Waals surface area contributed by atoms with E-state index in [4.69, 9.17) is 4.74 Å². The highest BCUT2D eigenvalue weighted by Crippen LogP contribution is 2.35. The number of rotatable bonds is 2. The number of anilines is 2. The van der Waals surface area contributed by atoms with Crippen LogP contribution in [0.4, 0.5) is 11.4 Å². The quantitative estimate of drug-likeness (QED) is 0.771. The monoisotopic (exact) mass is 350 g/mol. The van der Waals surface area contributed by atoms with E-state index in [1.165, 1.54) is 0 Å². The Bertz CT molecular complexity index is 1040. The maximum atomic E-state index is 12.6. The van der Waals surface area contributed by atoms with E-state index in [2.05, 4.69) is 10.3 Å². The van der Waals surface area contributed by atoms with Crippen LogP contribution < -0.4 is 15.0 Å². The highest BCUT2D eigenvalue weighted by atomic mass is 16.5. The molecule has 1 atom stereocenters. The van der Waals surface area contributed by atoms with Crippen molar-refractivity contribution < 1.29 is 14.3 Å². The van der Waals surface area contributed by atoms with E-state index in [0.717, 1.165) is 11.0 Å². The van der Waals surface area contributed by atoms with Gasteiger partial charge < -0.3 is 19.5 Å². The fourth-order valence-electron chi connectivity index (χ4n) is 3.07. The van der Waals surface area contributed by atoms with Crippen molar-refractivity contribution in [2.24, 2.45) is 7.05 Å². The number of ether oxygens (including phenoxy) is 1. The summed E-state index contributed by atoms with van der Waals surface area (Å²) in [6.07, 6.45) is 1.20. The Hall–Kier alpha value is -3.35. The second-order valence-electron chi connectivity index (χ2n) is 6.35. The predicted octanol–water partition coefficient (Wildman–Crippen LogP) is 2.57. The molecule has 0 saturated carbocycles. The molecule has 0 radical (unpaired) electrons. The number of nitrogens with zero attached hydrogens (tertiary/aromatic N) is 3. The Kier molecular flexibility index (Phi) is 3.64. The molecule has 1 aliphatic heterocycles. The van der Waals surface area contributed by atoms with Gasteiger partial charge in [-0.15, -0.1) is 0 Å². The Labute approximate surface area is 150 Å². The molecule has 1 aliphatic rings. The minimum absolute atomic E-state index is 0.124. The van der Waals surface area contributed by atoms with Gasteiger partial charge >= 0.3 is 0 Å². The molecule has 26 heavy (non-hydrogen) atoms. The molecule has 7 heteroatoms. The Morgan fingerprint density at radius 1 is 1.19 bits per heavy atom. The van der Waals surface area contributed by atoms with Crippen LogP contribution in [-0.2, 0) is 11.8 Å². The van der Waals surface area contributed by atoms with Crippen LogP contribution >= 0.6 is 0 Å². The lowest BCUT2D eigenvalue weighted by atomic mass is 10.1. The van der Waals surface area contributed by atoms with Gasteiger partial charge in [0.1, 0.15) is 5.75 Å². The van der Waals surface area contributed by atoms with Gasteiger partial charge in [-0.05, 0) is 43.3 Å². The number of likely N-dealkylation sites (N-methyl/N-ethyl adjacent to an activating group) is 1.